The molecule has 3 heterocycles. The lowest BCUT2D eigenvalue weighted by Gasteiger charge is -2.22. The molecule has 0 aliphatic carbocycles. The molecule has 6 rings (SSSR count). The van der Waals surface area contributed by atoms with Gasteiger partial charge in [0.05, 0.1) is 23.3 Å². The second-order valence-corrected chi connectivity index (χ2v) is 11.2. The van der Waals surface area contributed by atoms with Gasteiger partial charge in [0.1, 0.15) is 11.4 Å². The van der Waals surface area contributed by atoms with Crippen LogP contribution in [0, 0.1) is 6.92 Å². The minimum absolute atomic E-state index is 0.0901. The Labute approximate surface area is 276 Å². The standard InChI is InChI=1S/C23H24N2O4.C17H17N/c1-4-25(5-2)16-11-12-17(20(14-16)29-6-3)22(26)21-18(23(27)28)13-15-9-7-8-10-19(15)24-21;1-3-14-9-10-16-11-17(13(2)18(16)12-14)15-7-5-4-6-8-15/h7-14H,4-6H2,1-3H3,(H,27,28);4-12H,3H2,1-2H3. The van der Waals surface area contributed by atoms with E-state index >= 15 is 0 Å². The van der Waals surface area contributed by atoms with Gasteiger partial charge < -0.3 is 19.1 Å². The number of carbonyl (C=O) groups is 2. The lowest BCUT2D eigenvalue weighted by molar-refractivity contribution is 0.0692. The number of hydrogen-bond donors (Lipinski definition) is 1. The summed E-state index contributed by atoms with van der Waals surface area (Å²) in [5.41, 5.74) is 8.17. The summed E-state index contributed by atoms with van der Waals surface area (Å²) in [6, 6.07) is 31.2. The second kappa shape index (κ2) is 14.8. The molecule has 7 heteroatoms. The molecule has 240 valence electrons. The Hall–Kier alpha value is -5.43. The third-order valence-corrected chi connectivity index (χ3v) is 8.39. The average molecular weight is 628 g/mol. The van der Waals surface area contributed by atoms with Crippen molar-refractivity contribution in [3.63, 3.8) is 0 Å². The number of nitrogens with zero attached hydrogens (tertiary/aromatic N) is 3. The number of ketones is 1. The maximum Gasteiger partial charge on any atom is 0.338 e. The molecule has 3 aromatic carbocycles. The number of carbonyl (C=O) groups excluding carboxylic acids is 1. The van der Waals surface area contributed by atoms with Gasteiger partial charge in [-0.05, 0) is 81.6 Å². The molecule has 0 aliphatic heterocycles. The van der Waals surface area contributed by atoms with Gasteiger partial charge in [-0.25, -0.2) is 9.78 Å². The van der Waals surface area contributed by atoms with Gasteiger partial charge in [-0.3, -0.25) is 4.79 Å². The van der Waals surface area contributed by atoms with Gasteiger partial charge in [0.25, 0.3) is 0 Å². The van der Waals surface area contributed by atoms with Crippen molar-refractivity contribution in [1.82, 2.24) is 9.38 Å². The monoisotopic (exact) mass is 627 g/mol. The number of anilines is 1. The van der Waals surface area contributed by atoms with Crippen molar-refractivity contribution in [2.24, 2.45) is 0 Å². The van der Waals surface area contributed by atoms with Gasteiger partial charge >= 0.3 is 5.97 Å². The first-order valence-corrected chi connectivity index (χ1v) is 16.1. The molecule has 0 bridgehead atoms. The first-order valence-electron chi connectivity index (χ1n) is 16.1. The number of benzene rings is 3. The molecule has 0 radical (unpaired) electrons. The van der Waals surface area contributed by atoms with Crippen LogP contribution in [0.25, 0.3) is 27.5 Å². The van der Waals surface area contributed by atoms with Gasteiger partial charge in [-0.1, -0.05) is 61.5 Å². The fourth-order valence-electron chi connectivity index (χ4n) is 5.80. The molecule has 0 spiro atoms. The number of fused-ring (bicyclic) bond motifs is 2. The van der Waals surface area contributed by atoms with E-state index in [9.17, 15) is 14.7 Å². The topological polar surface area (TPSA) is 84.1 Å². The van der Waals surface area contributed by atoms with Crippen LogP contribution >= 0.6 is 0 Å². The van der Waals surface area contributed by atoms with Crippen LogP contribution in [0.3, 0.4) is 0 Å². The van der Waals surface area contributed by atoms with E-state index in [1.165, 1.54) is 34.0 Å². The highest BCUT2D eigenvalue weighted by Crippen LogP contribution is 2.30. The quantitative estimate of drug-likeness (QED) is 0.153. The fraction of sp³-hybridized carbons (Fsp3) is 0.225. The molecule has 0 amide bonds. The molecule has 0 unspecified atom stereocenters. The van der Waals surface area contributed by atoms with Crippen molar-refractivity contribution >= 4 is 33.9 Å². The van der Waals surface area contributed by atoms with Crippen LogP contribution in [-0.4, -0.2) is 45.9 Å². The Bertz CT molecular complexity index is 2030. The van der Waals surface area contributed by atoms with E-state index in [4.69, 9.17) is 4.74 Å². The minimum Gasteiger partial charge on any atom is -0.493 e. The predicted molar refractivity (Wildman–Crippen MR) is 190 cm³/mol. The van der Waals surface area contributed by atoms with Crippen molar-refractivity contribution in [2.75, 3.05) is 24.6 Å². The van der Waals surface area contributed by atoms with Crippen molar-refractivity contribution in [1.29, 1.82) is 0 Å². The number of ether oxygens (including phenoxy) is 1. The maximum atomic E-state index is 13.3. The minimum atomic E-state index is -1.19. The van der Waals surface area contributed by atoms with E-state index in [2.05, 4.69) is 96.7 Å². The third kappa shape index (κ3) is 7.04. The predicted octanol–water partition coefficient (Wildman–Crippen LogP) is 8.89. The van der Waals surface area contributed by atoms with Gasteiger partial charge in [0.15, 0.2) is 0 Å². The van der Waals surface area contributed by atoms with E-state index in [1.807, 2.05) is 19.1 Å². The molecule has 6 aromatic rings. The summed E-state index contributed by atoms with van der Waals surface area (Å²) in [6.07, 6.45) is 3.32. The molecule has 47 heavy (non-hydrogen) atoms. The van der Waals surface area contributed by atoms with Crippen molar-refractivity contribution in [3.8, 4) is 16.9 Å². The third-order valence-electron chi connectivity index (χ3n) is 8.39. The van der Waals surface area contributed by atoms with Crippen LogP contribution < -0.4 is 9.64 Å². The summed E-state index contributed by atoms with van der Waals surface area (Å²) in [5, 5.41) is 10.3. The number of aromatic nitrogens is 2. The summed E-state index contributed by atoms with van der Waals surface area (Å²) in [6.45, 7) is 12.4. The van der Waals surface area contributed by atoms with Crippen LogP contribution in [0.4, 0.5) is 5.69 Å². The summed E-state index contributed by atoms with van der Waals surface area (Å²) in [4.78, 5) is 31.6. The highest BCUT2D eigenvalue weighted by atomic mass is 16.5. The zero-order chi connectivity index (χ0) is 33.5. The van der Waals surface area contributed by atoms with Crippen LogP contribution in [0.15, 0.2) is 103 Å². The van der Waals surface area contributed by atoms with Gasteiger partial charge in [-0.2, -0.15) is 0 Å². The van der Waals surface area contributed by atoms with Gasteiger partial charge in [-0.15, -0.1) is 0 Å². The lowest BCUT2D eigenvalue weighted by Crippen LogP contribution is -2.22. The Balaban J connectivity index is 0.000000205. The lowest BCUT2D eigenvalue weighted by atomic mass is 10.0. The zero-order valence-electron chi connectivity index (χ0n) is 27.7. The average Bonchev–Trinajstić information content (AvgIpc) is 3.44. The van der Waals surface area contributed by atoms with Gasteiger partial charge in [0.2, 0.25) is 5.78 Å². The van der Waals surface area contributed by atoms with Crippen LogP contribution in [0.1, 0.15) is 65.4 Å². The summed E-state index contributed by atoms with van der Waals surface area (Å²) in [5.74, 6) is -1.24. The van der Waals surface area contributed by atoms with Crippen molar-refractivity contribution in [2.45, 2.75) is 41.0 Å². The van der Waals surface area contributed by atoms with Crippen LogP contribution in [-0.2, 0) is 6.42 Å². The van der Waals surface area contributed by atoms with E-state index < -0.39 is 11.8 Å². The van der Waals surface area contributed by atoms with Gasteiger partial charge in [0, 0.05) is 53.2 Å². The highest BCUT2D eigenvalue weighted by Gasteiger charge is 2.24. The van der Waals surface area contributed by atoms with Crippen LogP contribution in [0.5, 0.6) is 5.75 Å². The smallest absolute Gasteiger partial charge is 0.338 e. The van der Waals surface area contributed by atoms with E-state index in [0.29, 0.717) is 28.8 Å². The highest BCUT2D eigenvalue weighted by molar-refractivity contribution is 6.15. The van der Waals surface area contributed by atoms with E-state index in [1.54, 1.807) is 30.3 Å². The number of hydrogen-bond acceptors (Lipinski definition) is 5. The molecular formula is C40H41N3O4. The summed E-state index contributed by atoms with van der Waals surface area (Å²) in [7, 11) is 0. The fourth-order valence-corrected chi connectivity index (χ4v) is 5.80. The molecule has 1 N–H and O–H groups in total. The molecule has 0 saturated heterocycles. The Morgan fingerprint density at radius 3 is 2.23 bits per heavy atom. The number of aromatic carboxylic acids is 1. The number of pyridine rings is 2. The summed E-state index contributed by atoms with van der Waals surface area (Å²) >= 11 is 0. The molecule has 3 aromatic heterocycles. The number of para-hydroxylation sites is 1. The zero-order valence-corrected chi connectivity index (χ0v) is 27.7. The Morgan fingerprint density at radius 1 is 0.830 bits per heavy atom. The SMILES string of the molecule is CCOc1cc(N(CC)CC)ccc1C(=O)c1nc2ccccc2cc1C(=O)O.CCc1ccc2cc(-c3ccccc3)c(C)n2c1. The van der Waals surface area contributed by atoms with Crippen LogP contribution in [0.2, 0.25) is 0 Å². The van der Waals surface area contributed by atoms with Crippen molar-refractivity contribution < 1.29 is 19.4 Å². The Morgan fingerprint density at radius 2 is 1.55 bits per heavy atom. The molecular weight excluding hydrogens is 586 g/mol. The summed E-state index contributed by atoms with van der Waals surface area (Å²) < 4.78 is 8.02. The molecule has 0 fully saturated rings. The number of carboxylic acid groups (broad SMARTS) is 1. The molecule has 0 aliphatic rings. The molecule has 0 saturated carbocycles. The Kier molecular flexibility index (Phi) is 10.4. The number of rotatable bonds is 10. The van der Waals surface area contributed by atoms with Crippen molar-refractivity contribution in [3.05, 3.63) is 131 Å². The second-order valence-electron chi connectivity index (χ2n) is 11.2. The first kappa shape index (κ1) is 32.9. The number of aryl methyl sites for hydroxylation is 2. The maximum absolute atomic E-state index is 13.3. The molecule has 7 nitrogen and oxygen atoms in total. The van der Waals surface area contributed by atoms with E-state index in [-0.39, 0.29) is 11.3 Å². The first-order chi connectivity index (χ1) is 22.8. The number of carboxylic acids is 1. The largest absolute Gasteiger partial charge is 0.493 e. The molecule has 0 atom stereocenters. The normalized spacial score (nSPS) is 10.8. The van der Waals surface area contributed by atoms with E-state index in [0.717, 1.165) is 25.2 Å².